The highest BCUT2D eigenvalue weighted by atomic mass is 16.5. The number of fused-ring (bicyclic) bond motifs is 1. The van der Waals surface area contributed by atoms with Crippen LogP contribution in [0, 0.1) is 0 Å². The summed E-state index contributed by atoms with van der Waals surface area (Å²) in [7, 11) is 0. The zero-order valence-electron chi connectivity index (χ0n) is 15.4. The van der Waals surface area contributed by atoms with E-state index in [0.717, 1.165) is 11.1 Å². The topological polar surface area (TPSA) is 105 Å². The Morgan fingerprint density at radius 2 is 1.85 bits per heavy atom. The summed E-state index contributed by atoms with van der Waals surface area (Å²) < 4.78 is 5.00. The van der Waals surface area contributed by atoms with Crippen molar-refractivity contribution >= 4 is 29.8 Å². The molecule has 0 aliphatic carbocycles. The second-order valence-corrected chi connectivity index (χ2v) is 5.98. The summed E-state index contributed by atoms with van der Waals surface area (Å²) in [6.07, 6.45) is 3.37. The molecule has 0 unspecified atom stereocenters. The normalized spacial score (nSPS) is 14.9. The van der Waals surface area contributed by atoms with Crippen molar-refractivity contribution < 1.29 is 23.9 Å². The number of carbonyl (C=O) groups excluding carboxylic acids is 4. The van der Waals surface area contributed by atoms with Crippen molar-refractivity contribution in [2.45, 2.75) is 26.3 Å². The van der Waals surface area contributed by atoms with Gasteiger partial charge in [-0.3, -0.25) is 19.2 Å². The molecule has 1 aliphatic heterocycles. The number of rotatable bonds is 7. The van der Waals surface area contributed by atoms with Crippen LogP contribution in [0.2, 0.25) is 0 Å². The third-order valence-electron chi connectivity index (χ3n) is 4.01. The van der Waals surface area contributed by atoms with Gasteiger partial charge in [-0.2, -0.15) is 0 Å². The maximum absolute atomic E-state index is 12.2. The van der Waals surface area contributed by atoms with Gasteiger partial charge in [0, 0.05) is 19.7 Å². The van der Waals surface area contributed by atoms with E-state index in [1.54, 1.807) is 13.1 Å². The fraction of sp³-hybridized carbons (Fsp3) is 0.368. The van der Waals surface area contributed by atoms with Crippen LogP contribution in [-0.2, 0) is 23.9 Å². The van der Waals surface area contributed by atoms with E-state index in [1.807, 2.05) is 30.3 Å². The minimum Gasteiger partial charge on any atom is -0.456 e. The zero-order valence-corrected chi connectivity index (χ0v) is 15.4. The molecular weight excluding hydrogens is 350 g/mol. The molecule has 1 aliphatic rings. The van der Waals surface area contributed by atoms with Crippen LogP contribution in [-0.4, -0.2) is 48.3 Å². The first-order valence-electron chi connectivity index (χ1n) is 8.67. The van der Waals surface area contributed by atoms with Gasteiger partial charge in [-0.1, -0.05) is 24.3 Å². The van der Waals surface area contributed by atoms with Gasteiger partial charge in [0.1, 0.15) is 0 Å². The third kappa shape index (κ3) is 5.67. The molecule has 2 rings (SSSR count). The van der Waals surface area contributed by atoms with Gasteiger partial charge >= 0.3 is 5.97 Å². The van der Waals surface area contributed by atoms with Gasteiger partial charge in [-0.15, -0.1) is 0 Å². The molecule has 8 heteroatoms. The van der Waals surface area contributed by atoms with Crippen LogP contribution in [0.15, 0.2) is 30.5 Å². The molecule has 1 aromatic carbocycles. The lowest BCUT2D eigenvalue weighted by Gasteiger charge is -2.32. The van der Waals surface area contributed by atoms with Crippen molar-refractivity contribution in [2.75, 3.05) is 19.7 Å². The van der Waals surface area contributed by atoms with Gasteiger partial charge in [0.2, 0.25) is 11.8 Å². The van der Waals surface area contributed by atoms with Crippen molar-refractivity contribution in [3.63, 3.8) is 0 Å². The fourth-order valence-corrected chi connectivity index (χ4v) is 2.77. The Balaban J connectivity index is 1.91. The fourth-order valence-electron chi connectivity index (χ4n) is 2.77. The number of ether oxygens (including phenoxy) is 1. The van der Waals surface area contributed by atoms with Gasteiger partial charge in [0.15, 0.2) is 6.61 Å². The van der Waals surface area contributed by atoms with Crippen LogP contribution >= 0.6 is 0 Å². The molecule has 27 heavy (non-hydrogen) atoms. The van der Waals surface area contributed by atoms with E-state index in [-0.39, 0.29) is 24.8 Å². The van der Waals surface area contributed by atoms with Gasteiger partial charge in [0.25, 0.3) is 5.91 Å². The molecule has 0 saturated heterocycles. The monoisotopic (exact) mass is 373 g/mol. The molecule has 8 nitrogen and oxygen atoms in total. The summed E-state index contributed by atoms with van der Waals surface area (Å²) in [4.78, 5) is 48.5. The average molecular weight is 373 g/mol. The summed E-state index contributed by atoms with van der Waals surface area (Å²) >= 11 is 0. The van der Waals surface area contributed by atoms with Crippen molar-refractivity contribution in [2.24, 2.45) is 0 Å². The molecule has 0 aromatic heterocycles. The molecule has 1 atom stereocenters. The predicted octanol–water partition coefficient (Wildman–Crippen LogP) is 0.746. The number of likely N-dealkylation sites (N-methyl/N-ethyl adjacent to an activating group) is 1. The van der Waals surface area contributed by atoms with Crippen molar-refractivity contribution in [3.05, 3.63) is 41.6 Å². The Hall–Kier alpha value is -3.16. The molecule has 2 N–H and O–H groups in total. The molecule has 0 saturated carbocycles. The van der Waals surface area contributed by atoms with Crippen LogP contribution in [0.3, 0.4) is 0 Å². The van der Waals surface area contributed by atoms with Crippen LogP contribution in [0.4, 0.5) is 0 Å². The lowest BCUT2D eigenvalue weighted by Crippen LogP contribution is -2.39. The molecule has 0 spiro atoms. The van der Waals surface area contributed by atoms with E-state index in [0.29, 0.717) is 6.54 Å². The van der Waals surface area contributed by atoms with E-state index < -0.39 is 24.5 Å². The maximum Gasteiger partial charge on any atom is 0.308 e. The summed E-state index contributed by atoms with van der Waals surface area (Å²) in [6.45, 7) is 3.00. The Labute approximate surface area is 157 Å². The number of amides is 3. The molecule has 144 valence electrons. The quantitative estimate of drug-likeness (QED) is 0.686. The number of benzene rings is 1. The number of carbonyl (C=O) groups is 4. The molecule has 1 heterocycles. The minimum absolute atomic E-state index is 0.0788. The number of nitrogens with zero attached hydrogens (tertiary/aromatic N) is 1. The van der Waals surface area contributed by atoms with E-state index in [2.05, 4.69) is 10.6 Å². The van der Waals surface area contributed by atoms with Crippen LogP contribution in [0.1, 0.15) is 37.4 Å². The van der Waals surface area contributed by atoms with Crippen LogP contribution in [0.25, 0.3) is 6.08 Å². The van der Waals surface area contributed by atoms with Crippen LogP contribution in [0.5, 0.6) is 0 Å². The summed E-state index contributed by atoms with van der Waals surface area (Å²) in [6, 6.07) is 6.97. The standard InChI is InChI=1S/C19H23N3O5/c1-3-20-17(24)11-21-18(25)12-27-19(26)10-16-15-7-5-4-6-14(15)8-9-22(16)13(2)23/h4-9,16H,3,10-12H2,1-2H3,(H,20,24)(H,21,25)/t16-/m1/s1. The summed E-state index contributed by atoms with van der Waals surface area (Å²) in [5.74, 6) is -1.69. The van der Waals surface area contributed by atoms with Crippen molar-refractivity contribution in [1.29, 1.82) is 0 Å². The second kappa shape index (κ2) is 9.51. The van der Waals surface area contributed by atoms with E-state index in [1.165, 1.54) is 11.8 Å². The van der Waals surface area contributed by atoms with Gasteiger partial charge in [0.05, 0.1) is 19.0 Å². The third-order valence-corrected chi connectivity index (χ3v) is 4.01. The highest BCUT2D eigenvalue weighted by Crippen LogP contribution is 2.32. The Morgan fingerprint density at radius 3 is 2.56 bits per heavy atom. The molecule has 1 aromatic rings. The Bertz CT molecular complexity index is 759. The molecule has 3 amide bonds. The van der Waals surface area contributed by atoms with E-state index in [9.17, 15) is 19.2 Å². The summed E-state index contributed by atoms with van der Waals surface area (Å²) in [5, 5.41) is 4.90. The van der Waals surface area contributed by atoms with Crippen LogP contribution < -0.4 is 10.6 Å². The summed E-state index contributed by atoms with van der Waals surface area (Å²) in [5.41, 5.74) is 1.76. The number of esters is 1. The lowest BCUT2D eigenvalue weighted by atomic mass is 9.94. The van der Waals surface area contributed by atoms with Gasteiger partial charge < -0.3 is 20.3 Å². The van der Waals surface area contributed by atoms with Crippen molar-refractivity contribution in [1.82, 2.24) is 15.5 Å². The first-order valence-corrected chi connectivity index (χ1v) is 8.67. The average Bonchev–Trinajstić information content (AvgIpc) is 2.65. The highest BCUT2D eigenvalue weighted by Gasteiger charge is 2.28. The first-order chi connectivity index (χ1) is 12.9. The molecule has 0 radical (unpaired) electrons. The lowest BCUT2D eigenvalue weighted by molar-refractivity contribution is -0.150. The largest absolute Gasteiger partial charge is 0.456 e. The minimum atomic E-state index is -0.607. The molecule has 0 bridgehead atoms. The van der Waals surface area contributed by atoms with Gasteiger partial charge in [-0.25, -0.2) is 0 Å². The number of hydrogen-bond acceptors (Lipinski definition) is 5. The Kier molecular flexibility index (Phi) is 7.10. The smallest absolute Gasteiger partial charge is 0.308 e. The van der Waals surface area contributed by atoms with E-state index >= 15 is 0 Å². The zero-order chi connectivity index (χ0) is 19.8. The Morgan fingerprint density at radius 1 is 1.11 bits per heavy atom. The molecule has 0 fully saturated rings. The second-order valence-electron chi connectivity index (χ2n) is 5.98. The highest BCUT2D eigenvalue weighted by molar-refractivity contribution is 5.86. The maximum atomic E-state index is 12.2. The van der Waals surface area contributed by atoms with Gasteiger partial charge in [-0.05, 0) is 24.1 Å². The van der Waals surface area contributed by atoms with Crippen molar-refractivity contribution in [3.8, 4) is 0 Å². The van der Waals surface area contributed by atoms with E-state index in [4.69, 9.17) is 4.74 Å². The first kappa shape index (κ1) is 20.2. The SMILES string of the molecule is CCNC(=O)CNC(=O)COC(=O)C[C@@H]1c2ccccc2C=CN1C(C)=O. The number of nitrogens with one attached hydrogen (secondary N) is 2. The number of hydrogen-bond donors (Lipinski definition) is 2. The predicted molar refractivity (Wildman–Crippen MR) is 98.0 cm³/mol. The molecular formula is C19H23N3O5.